The molecule has 0 bridgehead atoms. The van der Waals surface area contributed by atoms with Crippen molar-refractivity contribution in [3.63, 3.8) is 0 Å². The van der Waals surface area contributed by atoms with Crippen LogP contribution in [0.3, 0.4) is 0 Å². The molecule has 0 heterocycles. The van der Waals surface area contributed by atoms with Crippen LogP contribution < -0.4 is 4.74 Å². The van der Waals surface area contributed by atoms with Gasteiger partial charge in [-0.2, -0.15) is 0 Å². The van der Waals surface area contributed by atoms with E-state index in [-0.39, 0.29) is 17.6 Å². The van der Waals surface area contributed by atoms with E-state index in [2.05, 4.69) is 0 Å². The molecule has 4 nitrogen and oxygen atoms in total. The van der Waals surface area contributed by atoms with Crippen LogP contribution in [0, 0.1) is 5.41 Å². The first-order chi connectivity index (χ1) is 9.92. The van der Waals surface area contributed by atoms with Gasteiger partial charge in [-0.1, -0.05) is 19.3 Å². The van der Waals surface area contributed by atoms with Crippen LogP contribution in [-0.2, 0) is 9.84 Å². The Morgan fingerprint density at radius 1 is 1.14 bits per heavy atom. The van der Waals surface area contributed by atoms with Gasteiger partial charge in [-0.05, 0) is 37.1 Å². The van der Waals surface area contributed by atoms with Gasteiger partial charge in [-0.15, -0.1) is 0 Å². The number of aliphatic hydroxyl groups is 1. The topological polar surface area (TPSA) is 63.6 Å². The molecule has 2 saturated carbocycles. The Balaban J connectivity index is 1.72. The molecule has 5 heteroatoms. The van der Waals surface area contributed by atoms with E-state index in [1.807, 2.05) is 0 Å². The monoisotopic (exact) mass is 310 g/mol. The number of aliphatic hydroxyl groups excluding tert-OH is 1. The maximum Gasteiger partial charge on any atom is 0.175 e. The molecule has 1 N–H and O–H groups in total. The highest BCUT2D eigenvalue weighted by Crippen LogP contribution is 2.53. The van der Waals surface area contributed by atoms with Crippen LogP contribution in [0.5, 0.6) is 5.75 Å². The van der Waals surface area contributed by atoms with Crippen molar-refractivity contribution in [3.8, 4) is 5.75 Å². The van der Waals surface area contributed by atoms with Gasteiger partial charge in [-0.3, -0.25) is 0 Å². The zero-order valence-corrected chi connectivity index (χ0v) is 13.1. The van der Waals surface area contributed by atoms with Crippen LogP contribution in [0.2, 0.25) is 0 Å². The Hall–Kier alpha value is -1.07. The number of hydrogen-bond acceptors (Lipinski definition) is 4. The van der Waals surface area contributed by atoms with Gasteiger partial charge in [-0.25, -0.2) is 8.42 Å². The lowest BCUT2D eigenvalue weighted by atomic mass is 9.56. The number of sulfone groups is 1. The van der Waals surface area contributed by atoms with Crippen molar-refractivity contribution >= 4 is 9.84 Å². The summed E-state index contributed by atoms with van der Waals surface area (Å²) in [5.41, 5.74) is -0.0756. The Kier molecular flexibility index (Phi) is 3.74. The van der Waals surface area contributed by atoms with Crippen LogP contribution in [0.1, 0.15) is 38.5 Å². The highest BCUT2D eigenvalue weighted by atomic mass is 32.2. The summed E-state index contributed by atoms with van der Waals surface area (Å²) in [5, 5.41) is 10.2. The van der Waals surface area contributed by atoms with E-state index in [0.29, 0.717) is 17.1 Å². The molecule has 1 aromatic rings. The summed E-state index contributed by atoms with van der Waals surface area (Å²) in [7, 11) is -3.17. The second-order valence-corrected chi connectivity index (χ2v) is 8.41. The molecule has 0 aromatic heterocycles. The van der Waals surface area contributed by atoms with Crippen molar-refractivity contribution in [1.29, 1.82) is 0 Å². The summed E-state index contributed by atoms with van der Waals surface area (Å²) in [4.78, 5) is 0.302. The fourth-order valence-electron chi connectivity index (χ4n) is 3.69. The van der Waals surface area contributed by atoms with Crippen LogP contribution in [0.4, 0.5) is 0 Å². The van der Waals surface area contributed by atoms with Crippen LogP contribution >= 0.6 is 0 Å². The second-order valence-electron chi connectivity index (χ2n) is 6.40. The third kappa shape index (κ3) is 2.69. The van der Waals surface area contributed by atoms with E-state index in [1.165, 1.54) is 12.7 Å². The van der Waals surface area contributed by atoms with Gasteiger partial charge < -0.3 is 9.84 Å². The van der Waals surface area contributed by atoms with Gasteiger partial charge in [0.25, 0.3) is 0 Å². The summed E-state index contributed by atoms with van der Waals surface area (Å²) >= 11 is 0. The standard InChI is InChI=1S/C16H22O4S/c1-21(18,19)13-7-5-12(6-8-13)20-15-11-14(17)16(15)9-3-2-4-10-16/h5-8,14-15,17H,2-4,9-11H2,1H3. The lowest BCUT2D eigenvalue weighted by Crippen LogP contribution is -2.60. The molecule has 1 aromatic carbocycles. The number of hydrogen-bond donors (Lipinski definition) is 1. The Bertz CT molecular complexity index is 600. The lowest BCUT2D eigenvalue weighted by molar-refractivity contribution is -0.172. The number of benzene rings is 1. The van der Waals surface area contributed by atoms with Gasteiger partial charge in [0.2, 0.25) is 0 Å². The van der Waals surface area contributed by atoms with Gasteiger partial charge in [0.1, 0.15) is 11.9 Å². The van der Waals surface area contributed by atoms with E-state index in [9.17, 15) is 13.5 Å². The number of ether oxygens (including phenoxy) is 1. The van der Waals surface area contributed by atoms with Crippen LogP contribution in [-0.4, -0.2) is 32.0 Å². The fourth-order valence-corrected chi connectivity index (χ4v) is 4.32. The molecule has 116 valence electrons. The zero-order valence-electron chi connectivity index (χ0n) is 12.3. The van der Waals surface area contributed by atoms with Crippen molar-refractivity contribution < 1.29 is 18.3 Å². The summed E-state index contributed by atoms with van der Waals surface area (Å²) in [5.74, 6) is 0.684. The highest BCUT2D eigenvalue weighted by molar-refractivity contribution is 7.90. The largest absolute Gasteiger partial charge is 0.490 e. The second kappa shape index (κ2) is 5.29. The predicted octanol–water partition coefficient (Wildman–Crippen LogP) is 2.55. The van der Waals surface area contributed by atoms with Crippen molar-refractivity contribution in [2.45, 2.75) is 55.6 Å². The molecule has 1 spiro atoms. The molecular weight excluding hydrogens is 288 g/mol. The Morgan fingerprint density at radius 2 is 1.76 bits per heavy atom. The molecule has 0 aliphatic heterocycles. The number of rotatable bonds is 3. The average molecular weight is 310 g/mol. The van der Waals surface area contributed by atoms with Crippen molar-refractivity contribution in [2.24, 2.45) is 5.41 Å². The lowest BCUT2D eigenvalue weighted by Gasteiger charge is -2.55. The minimum Gasteiger partial charge on any atom is -0.490 e. The van der Waals surface area contributed by atoms with E-state index >= 15 is 0 Å². The highest BCUT2D eigenvalue weighted by Gasteiger charge is 2.56. The summed E-state index contributed by atoms with van der Waals surface area (Å²) < 4.78 is 28.9. The predicted molar refractivity (Wildman–Crippen MR) is 80.1 cm³/mol. The minimum atomic E-state index is -3.17. The van der Waals surface area contributed by atoms with Crippen molar-refractivity contribution in [1.82, 2.24) is 0 Å². The van der Waals surface area contributed by atoms with E-state index in [0.717, 1.165) is 25.7 Å². The molecule has 2 aliphatic rings. The maximum atomic E-state index is 11.4. The minimum absolute atomic E-state index is 0.0527. The summed E-state index contributed by atoms with van der Waals surface area (Å²) in [6, 6.07) is 6.57. The van der Waals surface area contributed by atoms with Crippen LogP contribution in [0.25, 0.3) is 0 Å². The average Bonchev–Trinajstić information content (AvgIpc) is 2.47. The first-order valence-electron chi connectivity index (χ1n) is 7.57. The van der Waals surface area contributed by atoms with Gasteiger partial charge in [0.05, 0.1) is 11.0 Å². The molecule has 2 aliphatic carbocycles. The van der Waals surface area contributed by atoms with Crippen molar-refractivity contribution in [3.05, 3.63) is 24.3 Å². The smallest absolute Gasteiger partial charge is 0.175 e. The van der Waals surface area contributed by atoms with E-state index < -0.39 is 9.84 Å². The SMILES string of the molecule is CS(=O)(=O)c1ccc(OC2CC(O)C23CCCCC3)cc1. The molecular formula is C16H22O4S. The molecule has 2 atom stereocenters. The van der Waals surface area contributed by atoms with Crippen molar-refractivity contribution in [2.75, 3.05) is 6.26 Å². The van der Waals surface area contributed by atoms with E-state index in [4.69, 9.17) is 4.74 Å². The third-order valence-corrected chi connectivity index (χ3v) is 6.19. The third-order valence-electron chi connectivity index (χ3n) is 5.06. The van der Waals surface area contributed by atoms with Gasteiger partial charge in [0, 0.05) is 18.1 Å². The molecule has 0 saturated heterocycles. The fraction of sp³-hybridized carbons (Fsp3) is 0.625. The van der Waals surface area contributed by atoms with Crippen LogP contribution in [0.15, 0.2) is 29.2 Å². The summed E-state index contributed by atoms with van der Waals surface area (Å²) in [6.45, 7) is 0. The molecule has 3 rings (SSSR count). The normalized spacial score (nSPS) is 28.1. The quantitative estimate of drug-likeness (QED) is 0.932. The van der Waals surface area contributed by atoms with E-state index in [1.54, 1.807) is 24.3 Å². The first kappa shape index (κ1) is 14.9. The molecule has 0 amide bonds. The first-order valence-corrected chi connectivity index (χ1v) is 9.46. The van der Waals surface area contributed by atoms with Gasteiger partial charge in [0.15, 0.2) is 9.84 Å². The Labute approximate surface area is 126 Å². The Morgan fingerprint density at radius 3 is 2.29 bits per heavy atom. The molecule has 0 radical (unpaired) electrons. The molecule has 2 fully saturated rings. The van der Waals surface area contributed by atoms with Gasteiger partial charge >= 0.3 is 0 Å². The molecule has 21 heavy (non-hydrogen) atoms. The zero-order chi connectivity index (χ0) is 15.1. The molecule has 2 unspecified atom stereocenters. The maximum absolute atomic E-state index is 11.4. The summed E-state index contributed by atoms with van der Waals surface area (Å²) in [6.07, 6.45) is 7.28.